The van der Waals surface area contributed by atoms with E-state index in [1.165, 1.54) is 12.1 Å². The van der Waals surface area contributed by atoms with Crippen LogP contribution < -0.4 is 5.32 Å². The van der Waals surface area contributed by atoms with E-state index in [0.29, 0.717) is 0 Å². The molecule has 5 nitrogen and oxygen atoms in total. The molecule has 2 aromatic rings. The number of para-hydroxylation sites is 1. The number of hydrogen-bond acceptors (Lipinski definition) is 4. The molecule has 8 heteroatoms. The summed E-state index contributed by atoms with van der Waals surface area (Å²) in [7, 11) is 0. The number of carbonyl (C=O) groups is 1. The van der Waals surface area contributed by atoms with E-state index in [1.807, 2.05) is 32.0 Å². The Hall–Kier alpha value is -1.76. The first-order valence-electron chi connectivity index (χ1n) is 6.92. The summed E-state index contributed by atoms with van der Waals surface area (Å²) in [6.45, 7) is 3.79. The molecule has 0 aliphatic carbocycles. The van der Waals surface area contributed by atoms with E-state index in [0.717, 1.165) is 28.6 Å². The quantitative estimate of drug-likeness (QED) is 0.434. The van der Waals surface area contributed by atoms with Crippen molar-refractivity contribution in [3.63, 3.8) is 0 Å². The number of nitrogens with one attached hydrogen (secondary N) is 1. The molecule has 24 heavy (non-hydrogen) atoms. The van der Waals surface area contributed by atoms with Crippen LogP contribution in [0.2, 0.25) is 10.0 Å². The number of nitro benzene ring substituents is 1. The lowest BCUT2D eigenvalue weighted by atomic mass is 10.1. The van der Waals surface area contributed by atoms with Crippen LogP contribution in [-0.2, 0) is 4.79 Å². The maximum absolute atomic E-state index is 12.2. The van der Waals surface area contributed by atoms with Crippen molar-refractivity contribution >= 4 is 52.2 Å². The normalized spacial score (nSPS) is 10.5. The Morgan fingerprint density at radius 3 is 2.42 bits per heavy atom. The second-order valence-corrected chi connectivity index (χ2v) is 6.84. The Kier molecular flexibility index (Phi) is 6.10. The molecule has 0 bridgehead atoms. The summed E-state index contributed by atoms with van der Waals surface area (Å²) in [6.07, 6.45) is 0. The molecular weight excluding hydrogens is 371 g/mol. The van der Waals surface area contributed by atoms with Gasteiger partial charge in [0.05, 0.1) is 20.7 Å². The van der Waals surface area contributed by atoms with E-state index in [1.54, 1.807) is 0 Å². The van der Waals surface area contributed by atoms with Crippen molar-refractivity contribution in [1.82, 2.24) is 0 Å². The molecule has 126 valence electrons. The number of nitrogens with zero attached hydrogens (tertiary/aromatic N) is 1. The molecule has 0 heterocycles. The molecule has 0 aromatic heterocycles. The lowest BCUT2D eigenvalue weighted by Crippen LogP contribution is -2.15. The van der Waals surface area contributed by atoms with Crippen molar-refractivity contribution in [3.8, 4) is 0 Å². The van der Waals surface area contributed by atoms with Crippen molar-refractivity contribution in [2.45, 2.75) is 18.7 Å². The third-order valence-corrected chi connectivity index (χ3v) is 5.34. The van der Waals surface area contributed by atoms with Gasteiger partial charge in [0.2, 0.25) is 5.91 Å². The number of benzene rings is 2. The van der Waals surface area contributed by atoms with Crippen LogP contribution in [-0.4, -0.2) is 16.6 Å². The number of nitro groups is 1. The van der Waals surface area contributed by atoms with E-state index in [4.69, 9.17) is 23.2 Å². The molecule has 2 rings (SSSR count). The first kappa shape index (κ1) is 18.6. The highest BCUT2D eigenvalue weighted by Gasteiger charge is 2.21. The van der Waals surface area contributed by atoms with E-state index < -0.39 is 4.92 Å². The highest BCUT2D eigenvalue weighted by molar-refractivity contribution is 8.00. The van der Waals surface area contributed by atoms with Gasteiger partial charge in [0.15, 0.2) is 0 Å². The number of anilines is 1. The first-order chi connectivity index (χ1) is 11.3. The molecule has 2 aromatic carbocycles. The molecular formula is C16H14Cl2N2O3S. The van der Waals surface area contributed by atoms with Gasteiger partial charge in [0.1, 0.15) is 4.90 Å². The summed E-state index contributed by atoms with van der Waals surface area (Å²) in [5.74, 6) is -0.294. The van der Waals surface area contributed by atoms with Gasteiger partial charge in [0, 0.05) is 11.8 Å². The van der Waals surface area contributed by atoms with E-state index >= 15 is 0 Å². The zero-order chi connectivity index (χ0) is 17.9. The summed E-state index contributed by atoms with van der Waals surface area (Å²) in [5, 5.41) is 14.2. The van der Waals surface area contributed by atoms with Crippen molar-refractivity contribution in [1.29, 1.82) is 0 Å². The minimum absolute atomic E-state index is 0.0192. The SMILES string of the molecule is Cc1cccc(C)c1NC(=O)CSc1c([N+](=O)[O-])ccc(Cl)c1Cl. The largest absolute Gasteiger partial charge is 0.325 e. The van der Waals surface area contributed by atoms with Gasteiger partial charge in [-0.05, 0) is 31.0 Å². The third kappa shape index (κ3) is 4.20. The van der Waals surface area contributed by atoms with Crippen LogP contribution in [0.5, 0.6) is 0 Å². The summed E-state index contributed by atoms with van der Waals surface area (Å²) >= 11 is 12.9. The number of thioether (sulfide) groups is 1. The lowest BCUT2D eigenvalue weighted by molar-refractivity contribution is -0.387. The molecule has 0 unspecified atom stereocenters. The highest BCUT2D eigenvalue weighted by Crippen LogP contribution is 2.39. The lowest BCUT2D eigenvalue weighted by Gasteiger charge is -2.11. The van der Waals surface area contributed by atoms with Gasteiger partial charge in [0.25, 0.3) is 5.69 Å². The van der Waals surface area contributed by atoms with Crippen LogP contribution in [0.15, 0.2) is 35.2 Å². The molecule has 0 saturated carbocycles. The topological polar surface area (TPSA) is 72.2 Å². The minimum atomic E-state index is -0.548. The molecule has 0 spiro atoms. The van der Waals surface area contributed by atoms with Crippen molar-refractivity contribution in [2.75, 3.05) is 11.1 Å². The van der Waals surface area contributed by atoms with Gasteiger partial charge >= 0.3 is 0 Å². The van der Waals surface area contributed by atoms with Gasteiger partial charge in [-0.25, -0.2) is 0 Å². The second kappa shape index (κ2) is 7.88. The van der Waals surface area contributed by atoms with E-state index in [-0.39, 0.29) is 32.3 Å². The number of rotatable bonds is 5. The Balaban J connectivity index is 2.15. The van der Waals surface area contributed by atoms with Crippen LogP contribution in [0, 0.1) is 24.0 Å². The molecule has 0 atom stereocenters. The van der Waals surface area contributed by atoms with Crippen LogP contribution in [0.3, 0.4) is 0 Å². The molecule has 0 aliphatic heterocycles. The zero-order valence-electron chi connectivity index (χ0n) is 12.9. The predicted octanol–water partition coefficient (Wildman–Crippen LogP) is 5.25. The Labute approximate surface area is 153 Å². The third-order valence-electron chi connectivity index (χ3n) is 3.32. The summed E-state index contributed by atoms with van der Waals surface area (Å²) in [4.78, 5) is 22.9. The fourth-order valence-electron chi connectivity index (χ4n) is 2.13. The number of amides is 1. The fourth-order valence-corrected chi connectivity index (χ4v) is 3.54. The van der Waals surface area contributed by atoms with Gasteiger partial charge < -0.3 is 5.32 Å². The Morgan fingerprint density at radius 2 is 1.83 bits per heavy atom. The van der Waals surface area contributed by atoms with Crippen molar-refractivity contribution in [3.05, 3.63) is 61.6 Å². The molecule has 0 radical (unpaired) electrons. The van der Waals surface area contributed by atoms with Gasteiger partial charge in [-0.1, -0.05) is 41.4 Å². The number of hydrogen-bond donors (Lipinski definition) is 1. The van der Waals surface area contributed by atoms with Crippen LogP contribution in [0.25, 0.3) is 0 Å². The standard InChI is InChI=1S/C16H14Cl2N2O3S/c1-9-4-3-5-10(2)15(9)19-13(21)8-24-16-12(20(22)23)7-6-11(17)14(16)18/h3-7H,8H2,1-2H3,(H,19,21). The van der Waals surface area contributed by atoms with Gasteiger partial charge in [-0.3, -0.25) is 14.9 Å². The number of halogens is 2. The molecule has 0 saturated heterocycles. The summed E-state index contributed by atoms with van der Waals surface area (Å²) in [6, 6.07) is 8.34. The molecule has 1 amide bonds. The van der Waals surface area contributed by atoms with Crippen LogP contribution in [0.4, 0.5) is 11.4 Å². The zero-order valence-corrected chi connectivity index (χ0v) is 15.3. The first-order valence-corrected chi connectivity index (χ1v) is 8.66. The van der Waals surface area contributed by atoms with E-state index in [9.17, 15) is 14.9 Å². The number of aryl methyl sites for hydroxylation is 2. The minimum Gasteiger partial charge on any atom is -0.325 e. The maximum Gasteiger partial charge on any atom is 0.284 e. The highest BCUT2D eigenvalue weighted by atomic mass is 35.5. The molecule has 0 fully saturated rings. The average Bonchev–Trinajstić information content (AvgIpc) is 2.52. The monoisotopic (exact) mass is 384 g/mol. The maximum atomic E-state index is 12.2. The van der Waals surface area contributed by atoms with E-state index in [2.05, 4.69) is 5.32 Å². The predicted molar refractivity (Wildman–Crippen MR) is 98.4 cm³/mol. The average molecular weight is 385 g/mol. The molecule has 0 aliphatic rings. The van der Waals surface area contributed by atoms with Crippen LogP contribution in [0.1, 0.15) is 11.1 Å². The van der Waals surface area contributed by atoms with Crippen molar-refractivity contribution < 1.29 is 9.72 Å². The number of carbonyl (C=O) groups excluding carboxylic acids is 1. The Bertz CT molecular complexity index is 792. The van der Waals surface area contributed by atoms with Crippen LogP contribution >= 0.6 is 35.0 Å². The van der Waals surface area contributed by atoms with Crippen molar-refractivity contribution in [2.24, 2.45) is 0 Å². The summed E-state index contributed by atoms with van der Waals surface area (Å²) < 4.78 is 0. The van der Waals surface area contributed by atoms with Gasteiger partial charge in [-0.15, -0.1) is 11.8 Å². The summed E-state index contributed by atoms with van der Waals surface area (Å²) in [5.41, 5.74) is 2.46. The van der Waals surface area contributed by atoms with Gasteiger partial charge in [-0.2, -0.15) is 0 Å². The Morgan fingerprint density at radius 1 is 1.21 bits per heavy atom. The second-order valence-electron chi connectivity index (χ2n) is 5.07. The smallest absolute Gasteiger partial charge is 0.284 e. The molecule has 1 N–H and O–H groups in total. The fraction of sp³-hybridized carbons (Fsp3) is 0.188.